The standard InChI is InChI=1S/C7H4Br2FI/c8-3-4-1-2-5(9)6(10)7(4)11/h1-2H,3H2. The molecule has 11 heavy (non-hydrogen) atoms. The molecule has 0 spiro atoms. The fraction of sp³-hybridized carbons (Fsp3) is 0.143. The third kappa shape index (κ3) is 2.15. The lowest BCUT2D eigenvalue weighted by atomic mass is 10.2. The van der Waals surface area contributed by atoms with Crippen molar-refractivity contribution in [1.29, 1.82) is 0 Å². The SMILES string of the molecule is Fc1c(Br)ccc(CBr)c1I. The Labute approximate surface area is 95.0 Å². The first-order valence-corrected chi connectivity index (χ1v) is 5.84. The molecule has 1 aromatic rings. The smallest absolute Gasteiger partial charge is 0.150 e. The number of halogens is 4. The highest BCUT2D eigenvalue weighted by Crippen LogP contribution is 2.24. The van der Waals surface area contributed by atoms with Crippen LogP contribution in [0.15, 0.2) is 16.6 Å². The molecular formula is C7H4Br2FI. The van der Waals surface area contributed by atoms with Gasteiger partial charge in [0, 0.05) is 5.33 Å². The molecule has 0 nitrogen and oxygen atoms in total. The van der Waals surface area contributed by atoms with Gasteiger partial charge >= 0.3 is 0 Å². The van der Waals surface area contributed by atoms with Crippen LogP contribution in [-0.4, -0.2) is 0 Å². The molecule has 0 saturated carbocycles. The predicted molar refractivity (Wildman–Crippen MR) is 59.4 cm³/mol. The van der Waals surface area contributed by atoms with Gasteiger partial charge in [0.25, 0.3) is 0 Å². The highest BCUT2D eigenvalue weighted by atomic mass is 127. The second kappa shape index (κ2) is 4.18. The van der Waals surface area contributed by atoms with Crippen molar-refractivity contribution in [3.8, 4) is 0 Å². The summed E-state index contributed by atoms with van der Waals surface area (Å²) in [4.78, 5) is 0. The Morgan fingerprint density at radius 2 is 2.09 bits per heavy atom. The molecule has 0 aliphatic carbocycles. The first-order valence-electron chi connectivity index (χ1n) is 2.85. The van der Waals surface area contributed by atoms with Crippen LogP contribution in [0.3, 0.4) is 0 Å². The van der Waals surface area contributed by atoms with Gasteiger partial charge < -0.3 is 0 Å². The summed E-state index contributed by atoms with van der Waals surface area (Å²) in [5, 5.41) is 0.690. The first-order chi connectivity index (χ1) is 5.16. The molecule has 0 heterocycles. The zero-order chi connectivity index (χ0) is 8.43. The number of rotatable bonds is 1. The number of alkyl halides is 1. The molecule has 0 N–H and O–H groups in total. The summed E-state index contributed by atoms with van der Waals surface area (Å²) in [5.41, 5.74) is 0.978. The number of benzene rings is 1. The molecule has 0 atom stereocenters. The van der Waals surface area contributed by atoms with Gasteiger partial charge in [0.2, 0.25) is 0 Å². The first kappa shape index (κ1) is 9.92. The molecular weight excluding hydrogens is 390 g/mol. The van der Waals surface area contributed by atoms with E-state index in [1.54, 1.807) is 6.07 Å². The van der Waals surface area contributed by atoms with Crippen LogP contribution in [0.4, 0.5) is 4.39 Å². The van der Waals surface area contributed by atoms with Crippen LogP contribution in [0.5, 0.6) is 0 Å². The van der Waals surface area contributed by atoms with Crippen LogP contribution in [0.1, 0.15) is 5.56 Å². The monoisotopic (exact) mass is 392 g/mol. The Kier molecular flexibility index (Phi) is 3.77. The van der Waals surface area contributed by atoms with E-state index < -0.39 is 0 Å². The maximum atomic E-state index is 13.1. The Bertz CT molecular complexity index is 275. The van der Waals surface area contributed by atoms with Crippen LogP contribution in [0.25, 0.3) is 0 Å². The molecule has 4 heteroatoms. The van der Waals surface area contributed by atoms with E-state index >= 15 is 0 Å². The zero-order valence-corrected chi connectivity index (χ0v) is 10.7. The van der Waals surface area contributed by atoms with Crippen molar-refractivity contribution in [2.45, 2.75) is 5.33 Å². The predicted octanol–water partition coefficient (Wildman–Crippen LogP) is 4.09. The average molecular weight is 394 g/mol. The van der Waals surface area contributed by atoms with Gasteiger partial charge in [-0.3, -0.25) is 0 Å². The summed E-state index contributed by atoms with van der Waals surface area (Å²) >= 11 is 8.39. The van der Waals surface area contributed by atoms with Gasteiger partial charge in [-0.1, -0.05) is 22.0 Å². The Balaban J connectivity index is 3.25. The Hall–Kier alpha value is 0.840. The minimum absolute atomic E-state index is 0.178. The molecule has 1 aromatic carbocycles. The summed E-state index contributed by atoms with van der Waals surface area (Å²) in [6, 6.07) is 3.61. The van der Waals surface area contributed by atoms with E-state index in [9.17, 15) is 4.39 Å². The second-order valence-corrected chi connectivity index (χ2v) is 4.46. The van der Waals surface area contributed by atoms with Crippen LogP contribution < -0.4 is 0 Å². The molecule has 0 saturated heterocycles. The third-order valence-electron chi connectivity index (χ3n) is 1.26. The van der Waals surface area contributed by atoms with Crippen molar-refractivity contribution >= 4 is 54.5 Å². The average Bonchev–Trinajstić information content (AvgIpc) is 2.01. The zero-order valence-electron chi connectivity index (χ0n) is 5.37. The lowest BCUT2D eigenvalue weighted by molar-refractivity contribution is 0.612. The number of hydrogen-bond acceptors (Lipinski definition) is 0. The lowest BCUT2D eigenvalue weighted by Gasteiger charge is -2.02. The van der Waals surface area contributed by atoms with Crippen molar-refractivity contribution in [3.63, 3.8) is 0 Å². The van der Waals surface area contributed by atoms with Crippen molar-refractivity contribution in [2.24, 2.45) is 0 Å². The van der Waals surface area contributed by atoms with Gasteiger partial charge in [-0.15, -0.1) is 0 Å². The highest BCUT2D eigenvalue weighted by Gasteiger charge is 2.07. The van der Waals surface area contributed by atoms with E-state index in [4.69, 9.17) is 0 Å². The molecule has 0 aliphatic rings. The van der Waals surface area contributed by atoms with Crippen molar-refractivity contribution in [3.05, 3.63) is 31.6 Å². The van der Waals surface area contributed by atoms with Gasteiger partial charge in [0.1, 0.15) is 0 Å². The maximum Gasteiger partial charge on any atom is 0.150 e. The van der Waals surface area contributed by atoms with E-state index in [-0.39, 0.29) is 5.82 Å². The van der Waals surface area contributed by atoms with Gasteiger partial charge in [-0.2, -0.15) is 0 Å². The largest absolute Gasteiger partial charge is 0.205 e. The minimum atomic E-state index is -0.178. The van der Waals surface area contributed by atoms with Crippen molar-refractivity contribution < 1.29 is 4.39 Å². The van der Waals surface area contributed by atoms with Gasteiger partial charge in [0.05, 0.1) is 8.04 Å². The number of hydrogen-bond donors (Lipinski definition) is 0. The van der Waals surface area contributed by atoms with Crippen molar-refractivity contribution in [1.82, 2.24) is 0 Å². The normalized spacial score (nSPS) is 10.2. The molecule has 0 amide bonds. The molecule has 1 rings (SSSR count). The van der Waals surface area contributed by atoms with Gasteiger partial charge in [0.15, 0.2) is 5.82 Å². The molecule has 0 aliphatic heterocycles. The van der Waals surface area contributed by atoms with Crippen LogP contribution in [0, 0.1) is 9.39 Å². The topological polar surface area (TPSA) is 0 Å². The molecule has 60 valence electrons. The van der Waals surface area contributed by atoms with E-state index in [0.29, 0.717) is 13.4 Å². The summed E-state index contributed by atoms with van der Waals surface area (Å²) in [6.07, 6.45) is 0. The van der Waals surface area contributed by atoms with Gasteiger partial charge in [-0.05, 0) is 50.2 Å². The summed E-state index contributed by atoms with van der Waals surface area (Å²) < 4.78 is 14.3. The Morgan fingerprint density at radius 3 is 2.64 bits per heavy atom. The molecule has 0 unspecified atom stereocenters. The quantitative estimate of drug-likeness (QED) is 0.383. The third-order valence-corrected chi connectivity index (χ3v) is 3.64. The fourth-order valence-corrected chi connectivity index (χ4v) is 3.02. The highest BCUT2D eigenvalue weighted by molar-refractivity contribution is 14.1. The fourth-order valence-electron chi connectivity index (χ4n) is 0.669. The Morgan fingerprint density at radius 1 is 1.45 bits per heavy atom. The van der Waals surface area contributed by atoms with Gasteiger partial charge in [-0.25, -0.2) is 4.39 Å². The van der Waals surface area contributed by atoms with E-state index in [0.717, 1.165) is 5.56 Å². The van der Waals surface area contributed by atoms with E-state index in [1.165, 1.54) is 0 Å². The van der Waals surface area contributed by atoms with Crippen LogP contribution in [0.2, 0.25) is 0 Å². The molecule has 0 bridgehead atoms. The van der Waals surface area contributed by atoms with E-state index in [1.807, 2.05) is 28.7 Å². The van der Waals surface area contributed by atoms with Crippen LogP contribution >= 0.6 is 54.5 Å². The summed E-state index contributed by atoms with van der Waals surface area (Å²) in [5.74, 6) is -0.178. The summed E-state index contributed by atoms with van der Waals surface area (Å²) in [7, 11) is 0. The van der Waals surface area contributed by atoms with Crippen molar-refractivity contribution in [2.75, 3.05) is 0 Å². The minimum Gasteiger partial charge on any atom is -0.205 e. The van der Waals surface area contributed by atoms with Crippen LogP contribution in [-0.2, 0) is 5.33 Å². The molecule has 0 aromatic heterocycles. The molecule has 0 fully saturated rings. The summed E-state index contributed by atoms with van der Waals surface area (Å²) in [6.45, 7) is 0. The molecule has 0 radical (unpaired) electrons. The second-order valence-electron chi connectivity index (χ2n) is 1.97. The lowest BCUT2D eigenvalue weighted by Crippen LogP contribution is -1.89. The van der Waals surface area contributed by atoms with E-state index in [2.05, 4.69) is 31.9 Å². The maximum absolute atomic E-state index is 13.1.